The number of benzene rings is 3. The fourth-order valence-corrected chi connectivity index (χ4v) is 3.51. The number of phenols is 1. The predicted molar refractivity (Wildman–Crippen MR) is 129 cm³/mol. The summed E-state index contributed by atoms with van der Waals surface area (Å²) in [4.78, 5) is 21.9. The molecule has 0 aliphatic rings. The first-order chi connectivity index (χ1) is 16.1. The zero-order valence-electron chi connectivity index (χ0n) is 18.1. The quantitative estimate of drug-likeness (QED) is 0.360. The number of carbonyl (C=O) groups is 1. The molecule has 0 fully saturated rings. The lowest BCUT2D eigenvalue weighted by Crippen LogP contribution is -2.14. The number of rotatable bonds is 8. The molecule has 3 N–H and O–H groups in total. The molecule has 0 saturated heterocycles. The summed E-state index contributed by atoms with van der Waals surface area (Å²) in [5, 5.41) is 21.8. The summed E-state index contributed by atoms with van der Waals surface area (Å²) in [7, 11) is 0. The third-order valence-electron chi connectivity index (χ3n) is 5.32. The van der Waals surface area contributed by atoms with Crippen molar-refractivity contribution in [2.24, 2.45) is 0 Å². The van der Waals surface area contributed by atoms with Crippen LogP contribution in [0.15, 0.2) is 85.1 Å². The van der Waals surface area contributed by atoms with Gasteiger partial charge in [0.2, 0.25) is 5.91 Å². The molecule has 0 radical (unpaired) electrons. The predicted octanol–water partition coefficient (Wildman–Crippen LogP) is 4.97. The van der Waals surface area contributed by atoms with Gasteiger partial charge in [-0.15, -0.1) is 0 Å². The lowest BCUT2D eigenvalue weighted by atomic mass is 10.1. The minimum absolute atomic E-state index is 0.0278. The van der Waals surface area contributed by atoms with E-state index in [1.54, 1.807) is 30.5 Å². The van der Waals surface area contributed by atoms with Crippen LogP contribution in [0.4, 0.5) is 5.82 Å². The van der Waals surface area contributed by atoms with Gasteiger partial charge in [-0.05, 0) is 48.2 Å². The number of nitrogens with zero attached hydrogens (tertiary/aromatic N) is 2. The van der Waals surface area contributed by atoms with Crippen LogP contribution in [0, 0.1) is 0 Å². The second-order valence-electron chi connectivity index (χ2n) is 7.74. The molecule has 4 rings (SSSR count). The number of aromatic hydroxyl groups is 1. The third-order valence-corrected chi connectivity index (χ3v) is 5.32. The van der Waals surface area contributed by atoms with E-state index in [1.807, 2.05) is 42.5 Å². The van der Waals surface area contributed by atoms with E-state index >= 15 is 0 Å². The lowest BCUT2D eigenvalue weighted by Gasteiger charge is -2.12. The number of hydrogen-bond acceptors (Lipinski definition) is 5. The number of phenolic OH excluding ortho intramolecular Hbond substituents is 1. The maximum absolute atomic E-state index is 12.6. The Labute approximate surface area is 192 Å². The van der Waals surface area contributed by atoms with Crippen LogP contribution in [0.2, 0.25) is 0 Å². The van der Waals surface area contributed by atoms with Crippen LogP contribution >= 0.6 is 0 Å². The molecule has 166 valence electrons. The summed E-state index contributed by atoms with van der Waals surface area (Å²) in [6.07, 6.45) is 3.55. The zero-order chi connectivity index (χ0) is 23.0. The van der Waals surface area contributed by atoms with Gasteiger partial charge in [0.1, 0.15) is 11.4 Å². The van der Waals surface area contributed by atoms with Crippen molar-refractivity contribution in [2.45, 2.75) is 25.9 Å². The summed E-state index contributed by atoms with van der Waals surface area (Å²) < 4.78 is 0. The van der Waals surface area contributed by atoms with Crippen molar-refractivity contribution in [3.8, 4) is 28.3 Å². The van der Waals surface area contributed by atoms with Crippen LogP contribution in [0.5, 0.6) is 5.75 Å². The summed E-state index contributed by atoms with van der Waals surface area (Å²) in [6, 6.07) is 24.1. The fraction of sp³-hybridized carbons (Fsp3) is 0.148. The Hall–Kier alpha value is -4.03. The molecule has 0 saturated carbocycles. The van der Waals surface area contributed by atoms with Crippen molar-refractivity contribution < 1.29 is 15.0 Å². The van der Waals surface area contributed by atoms with Crippen molar-refractivity contribution in [3.05, 3.63) is 96.2 Å². The van der Waals surface area contributed by atoms with Gasteiger partial charge in [0, 0.05) is 17.5 Å². The molecule has 1 heterocycles. The van der Waals surface area contributed by atoms with E-state index < -0.39 is 0 Å². The first-order valence-corrected chi connectivity index (χ1v) is 10.8. The molecule has 3 aromatic carbocycles. The van der Waals surface area contributed by atoms with Crippen molar-refractivity contribution in [1.29, 1.82) is 0 Å². The van der Waals surface area contributed by atoms with Crippen LogP contribution in [0.3, 0.4) is 0 Å². The Morgan fingerprint density at radius 3 is 2.24 bits per heavy atom. The topological polar surface area (TPSA) is 95.3 Å². The first kappa shape index (κ1) is 22.2. The Morgan fingerprint density at radius 1 is 0.848 bits per heavy atom. The molecule has 0 aliphatic heterocycles. The minimum Gasteiger partial charge on any atom is -0.508 e. The van der Waals surface area contributed by atoms with E-state index in [-0.39, 0.29) is 18.3 Å². The molecule has 33 heavy (non-hydrogen) atoms. The van der Waals surface area contributed by atoms with Crippen LogP contribution in [-0.2, 0) is 17.8 Å². The van der Waals surface area contributed by atoms with Crippen molar-refractivity contribution in [2.75, 3.05) is 5.32 Å². The van der Waals surface area contributed by atoms with Crippen LogP contribution < -0.4 is 5.32 Å². The van der Waals surface area contributed by atoms with E-state index in [1.165, 1.54) is 5.56 Å². The third kappa shape index (κ3) is 5.81. The Morgan fingerprint density at radius 2 is 1.55 bits per heavy atom. The summed E-state index contributed by atoms with van der Waals surface area (Å²) in [5.41, 5.74) is 4.75. The van der Waals surface area contributed by atoms with Gasteiger partial charge in [-0.3, -0.25) is 4.79 Å². The monoisotopic (exact) mass is 439 g/mol. The van der Waals surface area contributed by atoms with Gasteiger partial charge in [-0.25, -0.2) is 9.97 Å². The fourth-order valence-electron chi connectivity index (χ4n) is 3.51. The number of aliphatic hydroxyl groups is 1. The second-order valence-corrected chi connectivity index (χ2v) is 7.74. The number of nitrogens with one attached hydrogen (secondary N) is 1. The van der Waals surface area contributed by atoms with Gasteiger partial charge in [0.15, 0.2) is 5.82 Å². The average Bonchev–Trinajstić information content (AvgIpc) is 2.85. The number of aromatic nitrogens is 2. The van der Waals surface area contributed by atoms with Gasteiger partial charge in [-0.1, -0.05) is 54.6 Å². The number of hydrogen-bond donors (Lipinski definition) is 3. The van der Waals surface area contributed by atoms with Gasteiger partial charge in [0.05, 0.1) is 18.5 Å². The highest BCUT2D eigenvalue weighted by Gasteiger charge is 2.14. The molecule has 4 aromatic rings. The van der Waals surface area contributed by atoms with E-state index in [2.05, 4.69) is 22.4 Å². The molecule has 0 aliphatic carbocycles. The standard InChI is InChI=1S/C27H25N3O3/c31-18-20-9-11-21(12-10-20)24-17-28-27(26(29-24)22-13-15-23(32)16-14-22)30-25(33)8-4-7-19-5-2-1-3-6-19/h1-3,5-6,9-17,31-32H,4,7-8,18H2,(H,28,30,33). The number of amides is 1. The summed E-state index contributed by atoms with van der Waals surface area (Å²) >= 11 is 0. The highest BCUT2D eigenvalue weighted by atomic mass is 16.3. The Kier molecular flexibility index (Phi) is 7.07. The SMILES string of the molecule is O=C(CCCc1ccccc1)Nc1ncc(-c2ccc(CO)cc2)nc1-c1ccc(O)cc1. The van der Waals surface area contributed by atoms with Crippen molar-refractivity contribution in [3.63, 3.8) is 0 Å². The van der Waals surface area contributed by atoms with Crippen LogP contribution in [-0.4, -0.2) is 26.1 Å². The minimum atomic E-state index is -0.125. The summed E-state index contributed by atoms with van der Waals surface area (Å²) in [6.45, 7) is -0.0278. The van der Waals surface area contributed by atoms with Gasteiger partial charge < -0.3 is 15.5 Å². The maximum atomic E-state index is 12.6. The van der Waals surface area contributed by atoms with E-state index in [0.29, 0.717) is 23.6 Å². The van der Waals surface area contributed by atoms with E-state index in [9.17, 15) is 15.0 Å². The second kappa shape index (κ2) is 10.5. The first-order valence-electron chi connectivity index (χ1n) is 10.8. The Balaban J connectivity index is 1.55. The average molecular weight is 440 g/mol. The number of anilines is 1. The Bertz CT molecular complexity index is 1210. The molecular formula is C27H25N3O3. The van der Waals surface area contributed by atoms with Crippen LogP contribution in [0.1, 0.15) is 24.0 Å². The molecule has 0 spiro atoms. The molecule has 1 aromatic heterocycles. The van der Waals surface area contributed by atoms with Gasteiger partial charge in [-0.2, -0.15) is 0 Å². The molecule has 6 heteroatoms. The highest BCUT2D eigenvalue weighted by Crippen LogP contribution is 2.29. The van der Waals surface area contributed by atoms with E-state index in [4.69, 9.17) is 4.98 Å². The zero-order valence-corrected chi connectivity index (χ0v) is 18.1. The molecule has 0 bridgehead atoms. The molecule has 6 nitrogen and oxygen atoms in total. The van der Waals surface area contributed by atoms with Crippen molar-refractivity contribution in [1.82, 2.24) is 9.97 Å². The number of carbonyl (C=O) groups excluding carboxylic acids is 1. The molecular weight excluding hydrogens is 414 g/mol. The van der Waals surface area contributed by atoms with Gasteiger partial charge in [0.25, 0.3) is 0 Å². The highest BCUT2D eigenvalue weighted by molar-refractivity contribution is 5.93. The molecule has 0 unspecified atom stereocenters. The van der Waals surface area contributed by atoms with E-state index in [0.717, 1.165) is 29.5 Å². The largest absolute Gasteiger partial charge is 0.508 e. The van der Waals surface area contributed by atoms with Crippen LogP contribution in [0.25, 0.3) is 22.5 Å². The molecule has 0 atom stereocenters. The van der Waals surface area contributed by atoms with Gasteiger partial charge >= 0.3 is 0 Å². The lowest BCUT2D eigenvalue weighted by molar-refractivity contribution is -0.116. The number of aliphatic hydroxyl groups excluding tert-OH is 1. The van der Waals surface area contributed by atoms with Crippen molar-refractivity contribution >= 4 is 11.7 Å². The normalized spacial score (nSPS) is 10.7. The summed E-state index contributed by atoms with van der Waals surface area (Å²) in [5.74, 6) is 0.399. The smallest absolute Gasteiger partial charge is 0.225 e. The molecule has 1 amide bonds. The number of aryl methyl sites for hydroxylation is 1. The maximum Gasteiger partial charge on any atom is 0.225 e.